The van der Waals surface area contributed by atoms with Crippen LogP contribution in [0.25, 0.3) is 0 Å². The Morgan fingerprint density at radius 3 is 3.15 bits per heavy atom. The van der Waals surface area contributed by atoms with Crippen LogP contribution < -0.4 is 5.32 Å². The molecule has 0 aliphatic heterocycles. The first-order valence-corrected chi connectivity index (χ1v) is 3.79. The van der Waals surface area contributed by atoms with Gasteiger partial charge in [-0.05, 0) is 6.07 Å². The molecule has 0 spiro atoms. The molecule has 1 aromatic heterocycles. The smallest absolute Gasteiger partial charge is 0.234 e. The van der Waals surface area contributed by atoms with Gasteiger partial charge in [0.25, 0.3) is 0 Å². The van der Waals surface area contributed by atoms with E-state index in [9.17, 15) is 4.79 Å². The molecule has 1 amide bonds. The first-order chi connectivity index (χ1) is 6.26. The molecule has 0 saturated heterocycles. The third-order valence-electron chi connectivity index (χ3n) is 1.34. The molecule has 1 rings (SSSR count). The van der Waals surface area contributed by atoms with Crippen LogP contribution in [-0.2, 0) is 4.79 Å². The van der Waals surface area contributed by atoms with E-state index in [0.717, 1.165) is 0 Å². The van der Waals surface area contributed by atoms with E-state index >= 15 is 0 Å². The minimum Gasteiger partial charge on any atom is -0.311 e. The maximum absolute atomic E-state index is 10.9. The van der Waals surface area contributed by atoms with Crippen LogP contribution in [0.2, 0.25) is 0 Å². The monoisotopic (exact) mass is 176 g/mol. The Bertz CT molecular complexity index is 355. The highest BCUT2D eigenvalue weighted by Gasteiger charge is 2.00. The van der Waals surface area contributed by atoms with Crippen LogP contribution in [0.3, 0.4) is 0 Å². The van der Waals surface area contributed by atoms with E-state index in [1.807, 2.05) is 0 Å². The van der Waals surface area contributed by atoms with Crippen molar-refractivity contribution in [2.75, 3.05) is 5.32 Å². The van der Waals surface area contributed by atoms with Gasteiger partial charge in [0.2, 0.25) is 11.7 Å². The van der Waals surface area contributed by atoms with Crippen molar-refractivity contribution >= 4 is 11.7 Å². The molecule has 0 unspecified atom stereocenters. The zero-order valence-corrected chi connectivity index (χ0v) is 7.11. The number of nitrogens with one attached hydrogen (secondary N) is 1. The molecule has 0 atom stereocenters. The SMILES string of the molecule is CCC(=O)Nc1ccnc(C#N)n1. The molecule has 0 aliphatic carbocycles. The lowest BCUT2D eigenvalue weighted by Gasteiger charge is -2.00. The maximum Gasteiger partial charge on any atom is 0.234 e. The number of carbonyl (C=O) groups excluding carboxylic acids is 1. The summed E-state index contributed by atoms with van der Waals surface area (Å²) in [4.78, 5) is 18.4. The lowest BCUT2D eigenvalue weighted by atomic mass is 10.4. The molecule has 13 heavy (non-hydrogen) atoms. The number of aromatic nitrogens is 2. The van der Waals surface area contributed by atoms with Crippen molar-refractivity contribution in [3.8, 4) is 6.07 Å². The quantitative estimate of drug-likeness (QED) is 0.719. The molecule has 5 nitrogen and oxygen atoms in total. The molecule has 1 heterocycles. The fourth-order valence-electron chi connectivity index (χ4n) is 0.713. The number of hydrogen-bond acceptors (Lipinski definition) is 4. The molecule has 0 bridgehead atoms. The van der Waals surface area contributed by atoms with E-state index in [1.165, 1.54) is 12.3 Å². The number of anilines is 1. The highest BCUT2D eigenvalue weighted by atomic mass is 16.1. The van der Waals surface area contributed by atoms with Crippen molar-refractivity contribution in [3.63, 3.8) is 0 Å². The van der Waals surface area contributed by atoms with Crippen molar-refractivity contribution in [1.82, 2.24) is 9.97 Å². The van der Waals surface area contributed by atoms with Crippen molar-refractivity contribution in [3.05, 3.63) is 18.1 Å². The number of rotatable bonds is 2. The zero-order valence-electron chi connectivity index (χ0n) is 7.11. The Labute approximate surface area is 75.4 Å². The van der Waals surface area contributed by atoms with Crippen molar-refractivity contribution < 1.29 is 4.79 Å². The van der Waals surface area contributed by atoms with E-state index in [4.69, 9.17) is 5.26 Å². The summed E-state index contributed by atoms with van der Waals surface area (Å²) in [6.45, 7) is 1.74. The van der Waals surface area contributed by atoms with Crippen LogP contribution in [0.15, 0.2) is 12.3 Å². The van der Waals surface area contributed by atoms with Gasteiger partial charge in [-0.1, -0.05) is 6.92 Å². The summed E-state index contributed by atoms with van der Waals surface area (Å²) in [6, 6.07) is 3.32. The largest absolute Gasteiger partial charge is 0.311 e. The summed E-state index contributed by atoms with van der Waals surface area (Å²) in [5, 5.41) is 11.0. The Morgan fingerprint density at radius 2 is 2.54 bits per heavy atom. The van der Waals surface area contributed by atoms with Crippen molar-refractivity contribution in [2.45, 2.75) is 13.3 Å². The molecule has 0 aliphatic rings. The molecular formula is C8H8N4O. The second-order valence-corrected chi connectivity index (χ2v) is 2.28. The van der Waals surface area contributed by atoms with Gasteiger partial charge in [-0.25, -0.2) is 9.97 Å². The van der Waals surface area contributed by atoms with Crippen LogP contribution in [-0.4, -0.2) is 15.9 Å². The number of hydrogen-bond donors (Lipinski definition) is 1. The van der Waals surface area contributed by atoms with E-state index in [1.54, 1.807) is 13.0 Å². The third-order valence-corrected chi connectivity index (χ3v) is 1.34. The summed E-state index contributed by atoms with van der Waals surface area (Å²) in [5.74, 6) is 0.273. The average Bonchev–Trinajstić information content (AvgIpc) is 2.18. The second kappa shape index (κ2) is 4.16. The highest BCUT2D eigenvalue weighted by molar-refractivity contribution is 5.89. The number of carbonyl (C=O) groups is 1. The van der Waals surface area contributed by atoms with Crippen molar-refractivity contribution in [1.29, 1.82) is 5.26 Å². The lowest BCUT2D eigenvalue weighted by molar-refractivity contribution is -0.115. The number of amides is 1. The van der Waals surface area contributed by atoms with Crippen LogP contribution >= 0.6 is 0 Å². The van der Waals surface area contributed by atoms with Gasteiger partial charge < -0.3 is 5.32 Å². The normalized spacial score (nSPS) is 8.92. The van der Waals surface area contributed by atoms with Gasteiger partial charge in [0.15, 0.2) is 0 Å². The summed E-state index contributed by atoms with van der Waals surface area (Å²) >= 11 is 0. The van der Waals surface area contributed by atoms with Gasteiger partial charge >= 0.3 is 0 Å². The highest BCUT2D eigenvalue weighted by Crippen LogP contribution is 2.01. The molecule has 0 aromatic carbocycles. The minimum absolute atomic E-state index is 0.0499. The fourth-order valence-corrected chi connectivity index (χ4v) is 0.713. The molecular weight excluding hydrogens is 168 g/mol. The lowest BCUT2D eigenvalue weighted by Crippen LogP contribution is -2.11. The van der Waals surface area contributed by atoms with Gasteiger partial charge in [0.05, 0.1) is 0 Å². The molecule has 0 radical (unpaired) electrons. The summed E-state index contributed by atoms with van der Waals surface area (Å²) in [5.41, 5.74) is 0. The summed E-state index contributed by atoms with van der Waals surface area (Å²) in [7, 11) is 0. The molecule has 5 heteroatoms. The van der Waals surface area contributed by atoms with Crippen LogP contribution in [0.4, 0.5) is 5.82 Å². The van der Waals surface area contributed by atoms with Crippen LogP contribution in [0.1, 0.15) is 19.2 Å². The molecule has 1 N–H and O–H groups in total. The van der Waals surface area contributed by atoms with E-state index in [0.29, 0.717) is 12.2 Å². The van der Waals surface area contributed by atoms with Gasteiger partial charge in [0.1, 0.15) is 11.9 Å². The van der Waals surface area contributed by atoms with Gasteiger partial charge in [0, 0.05) is 12.6 Å². The fraction of sp³-hybridized carbons (Fsp3) is 0.250. The Balaban J connectivity index is 2.79. The molecule has 0 saturated carbocycles. The Morgan fingerprint density at radius 1 is 1.77 bits per heavy atom. The average molecular weight is 176 g/mol. The van der Waals surface area contributed by atoms with Gasteiger partial charge in [-0.3, -0.25) is 4.79 Å². The van der Waals surface area contributed by atoms with Gasteiger partial charge in [-0.15, -0.1) is 0 Å². The topological polar surface area (TPSA) is 78.7 Å². The molecule has 1 aromatic rings. The van der Waals surface area contributed by atoms with E-state index in [-0.39, 0.29) is 11.7 Å². The second-order valence-electron chi connectivity index (χ2n) is 2.28. The first kappa shape index (κ1) is 9.13. The molecule has 0 fully saturated rings. The summed E-state index contributed by atoms with van der Waals surface area (Å²) < 4.78 is 0. The predicted molar refractivity (Wildman–Crippen MR) is 45.7 cm³/mol. The Kier molecular flexibility index (Phi) is 2.92. The zero-order chi connectivity index (χ0) is 9.68. The van der Waals surface area contributed by atoms with Gasteiger partial charge in [-0.2, -0.15) is 5.26 Å². The summed E-state index contributed by atoms with van der Waals surface area (Å²) in [6.07, 6.45) is 1.81. The minimum atomic E-state index is -0.136. The van der Waals surface area contributed by atoms with Crippen molar-refractivity contribution in [2.24, 2.45) is 0 Å². The van der Waals surface area contributed by atoms with Crippen LogP contribution in [0, 0.1) is 11.3 Å². The maximum atomic E-state index is 10.9. The Hall–Kier alpha value is -1.96. The number of nitrogens with zero attached hydrogens (tertiary/aromatic N) is 3. The van der Waals surface area contributed by atoms with Crippen LogP contribution in [0.5, 0.6) is 0 Å². The third kappa shape index (κ3) is 2.52. The predicted octanol–water partition coefficient (Wildman–Crippen LogP) is 0.697. The number of nitriles is 1. The standard InChI is InChI=1S/C8H8N4O/c1-2-8(13)12-6-3-4-10-7(5-9)11-6/h3-4H,2H2,1H3,(H,10,11,12,13). The van der Waals surface area contributed by atoms with E-state index in [2.05, 4.69) is 15.3 Å². The van der Waals surface area contributed by atoms with E-state index < -0.39 is 0 Å². The first-order valence-electron chi connectivity index (χ1n) is 3.79. The molecule has 66 valence electrons.